The molecule has 6 nitrogen and oxygen atoms in total. The van der Waals surface area contributed by atoms with Gasteiger partial charge in [0.05, 0.1) is 0 Å². The molecule has 0 saturated heterocycles. The number of carbonyl (C=O) groups is 2. The standard InChI is InChI=1S/C16H26N4O2.ClH/c1-5-16(17,6-2)11-18-14(21)12-8-7-9-13(10-12)19-15(22)20(3)4;/h7-10H,5-6,11,17H2,1-4H3,(H,18,21)(H,19,22);1H. The van der Waals surface area contributed by atoms with E-state index in [4.69, 9.17) is 5.73 Å². The van der Waals surface area contributed by atoms with Gasteiger partial charge in [-0.1, -0.05) is 19.9 Å². The highest BCUT2D eigenvalue weighted by Crippen LogP contribution is 2.13. The first-order valence-electron chi connectivity index (χ1n) is 7.46. The highest BCUT2D eigenvalue weighted by Gasteiger charge is 2.21. The van der Waals surface area contributed by atoms with E-state index < -0.39 is 0 Å². The van der Waals surface area contributed by atoms with Crippen LogP contribution >= 0.6 is 12.4 Å². The number of nitrogens with two attached hydrogens (primary N) is 1. The van der Waals surface area contributed by atoms with Crippen LogP contribution in [0.2, 0.25) is 0 Å². The molecule has 4 N–H and O–H groups in total. The number of carbonyl (C=O) groups excluding carboxylic acids is 2. The second kappa shape index (κ2) is 9.37. The van der Waals surface area contributed by atoms with Crippen molar-refractivity contribution in [2.24, 2.45) is 5.73 Å². The minimum atomic E-state index is -0.383. The summed E-state index contributed by atoms with van der Waals surface area (Å²) in [6, 6.07) is 6.58. The van der Waals surface area contributed by atoms with Gasteiger partial charge in [0.2, 0.25) is 0 Å². The molecule has 23 heavy (non-hydrogen) atoms. The summed E-state index contributed by atoms with van der Waals surface area (Å²) < 4.78 is 0. The molecule has 7 heteroatoms. The Morgan fingerprint density at radius 1 is 1.22 bits per heavy atom. The first kappa shape index (κ1) is 21.2. The molecule has 0 atom stereocenters. The van der Waals surface area contributed by atoms with Crippen molar-refractivity contribution in [2.45, 2.75) is 32.2 Å². The summed E-state index contributed by atoms with van der Waals surface area (Å²) >= 11 is 0. The highest BCUT2D eigenvalue weighted by molar-refractivity contribution is 5.96. The van der Waals surface area contributed by atoms with E-state index in [1.807, 2.05) is 13.8 Å². The van der Waals surface area contributed by atoms with Crippen LogP contribution in [0.3, 0.4) is 0 Å². The number of anilines is 1. The summed E-state index contributed by atoms with van der Waals surface area (Å²) in [5, 5.41) is 5.57. The van der Waals surface area contributed by atoms with Gasteiger partial charge in [-0.2, -0.15) is 0 Å². The molecule has 0 fully saturated rings. The third kappa shape index (κ3) is 6.46. The molecule has 1 aromatic rings. The number of nitrogens with zero attached hydrogens (tertiary/aromatic N) is 1. The van der Waals surface area contributed by atoms with Crippen molar-refractivity contribution >= 4 is 30.0 Å². The van der Waals surface area contributed by atoms with Crippen molar-refractivity contribution in [1.82, 2.24) is 10.2 Å². The third-order valence-electron chi connectivity index (χ3n) is 3.79. The Balaban J connectivity index is 0.00000484. The van der Waals surface area contributed by atoms with Gasteiger partial charge in [0, 0.05) is 37.4 Å². The molecule has 0 aliphatic heterocycles. The molecule has 1 rings (SSSR count). The second-order valence-corrected chi connectivity index (χ2v) is 5.66. The Morgan fingerprint density at radius 3 is 2.35 bits per heavy atom. The molecule has 3 amide bonds. The Labute approximate surface area is 144 Å². The molecule has 0 heterocycles. The minimum Gasteiger partial charge on any atom is -0.350 e. The van der Waals surface area contributed by atoms with Crippen LogP contribution in [-0.2, 0) is 0 Å². The largest absolute Gasteiger partial charge is 0.350 e. The maximum atomic E-state index is 12.2. The fourth-order valence-corrected chi connectivity index (χ4v) is 1.83. The summed E-state index contributed by atoms with van der Waals surface area (Å²) in [7, 11) is 3.31. The summed E-state index contributed by atoms with van der Waals surface area (Å²) in [5.41, 5.74) is 6.86. The predicted octanol–water partition coefficient (Wildman–Crippen LogP) is 2.45. The first-order valence-corrected chi connectivity index (χ1v) is 7.46. The van der Waals surface area contributed by atoms with Crippen molar-refractivity contribution in [2.75, 3.05) is 26.0 Å². The van der Waals surface area contributed by atoms with E-state index in [9.17, 15) is 9.59 Å². The van der Waals surface area contributed by atoms with Gasteiger partial charge in [0.25, 0.3) is 5.91 Å². The van der Waals surface area contributed by atoms with E-state index in [1.165, 1.54) is 4.90 Å². The molecule has 0 radical (unpaired) electrons. The van der Waals surface area contributed by atoms with Crippen molar-refractivity contribution in [3.05, 3.63) is 29.8 Å². The van der Waals surface area contributed by atoms with Crippen LogP contribution in [0.15, 0.2) is 24.3 Å². The molecule has 0 aromatic heterocycles. The van der Waals surface area contributed by atoms with Crippen molar-refractivity contribution in [1.29, 1.82) is 0 Å². The maximum Gasteiger partial charge on any atom is 0.321 e. The van der Waals surface area contributed by atoms with Crippen LogP contribution in [0.5, 0.6) is 0 Å². The summed E-state index contributed by atoms with van der Waals surface area (Å²) in [4.78, 5) is 25.3. The lowest BCUT2D eigenvalue weighted by molar-refractivity contribution is 0.0942. The molecule has 1 aromatic carbocycles. The number of benzene rings is 1. The molecule has 0 spiro atoms. The normalized spacial score (nSPS) is 10.5. The number of rotatable bonds is 6. The Bertz CT molecular complexity index is 531. The first-order chi connectivity index (χ1) is 10.3. The molecular formula is C16H27ClN4O2. The van der Waals surface area contributed by atoms with Crippen LogP contribution in [0.25, 0.3) is 0 Å². The zero-order valence-corrected chi connectivity index (χ0v) is 15.0. The van der Waals surface area contributed by atoms with Crippen molar-refractivity contribution in [3.8, 4) is 0 Å². The van der Waals surface area contributed by atoms with E-state index in [1.54, 1.807) is 38.4 Å². The van der Waals surface area contributed by atoms with Gasteiger partial charge in [-0.15, -0.1) is 12.4 Å². The molecule has 0 saturated carbocycles. The lowest BCUT2D eigenvalue weighted by atomic mass is 9.94. The van der Waals surface area contributed by atoms with Crippen LogP contribution in [0.4, 0.5) is 10.5 Å². The number of hydrogen-bond acceptors (Lipinski definition) is 3. The topological polar surface area (TPSA) is 87.5 Å². The molecule has 0 aliphatic carbocycles. The van der Waals surface area contributed by atoms with Gasteiger partial charge in [0.15, 0.2) is 0 Å². The van der Waals surface area contributed by atoms with E-state index in [-0.39, 0.29) is 29.9 Å². The smallest absolute Gasteiger partial charge is 0.321 e. The van der Waals surface area contributed by atoms with Crippen LogP contribution in [0.1, 0.15) is 37.0 Å². The molecule has 0 aliphatic rings. The van der Waals surface area contributed by atoms with Gasteiger partial charge >= 0.3 is 6.03 Å². The number of halogens is 1. The predicted molar refractivity (Wildman–Crippen MR) is 96.2 cm³/mol. The Kier molecular flexibility index (Phi) is 8.64. The number of nitrogens with one attached hydrogen (secondary N) is 2. The summed E-state index contributed by atoms with van der Waals surface area (Å²) in [5.74, 6) is -0.197. The average Bonchev–Trinajstić information content (AvgIpc) is 2.52. The molecule has 130 valence electrons. The van der Waals surface area contributed by atoms with Gasteiger partial charge in [-0.25, -0.2) is 4.79 Å². The third-order valence-corrected chi connectivity index (χ3v) is 3.79. The van der Waals surface area contributed by atoms with Crippen molar-refractivity contribution < 1.29 is 9.59 Å². The highest BCUT2D eigenvalue weighted by atomic mass is 35.5. The van der Waals surface area contributed by atoms with E-state index in [2.05, 4.69) is 10.6 Å². The average molecular weight is 343 g/mol. The lowest BCUT2D eigenvalue weighted by Crippen LogP contribution is -2.49. The summed E-state index contributed by atoms with van der Waals surface area (Å²) in [6.07, 6.45) is 1.59. The molecule has 0 unspecified atom stereocenters. The zero-order valence-electron chi connectivity index (χ0n) is 14.2. The van der Waals surface area contributed by atoms with Gasteiger partial charge < -0.3 is 21.3 Å². The van der Waals surface area contributed by atoms with E-state index in [0.29, 0.717) is 17.8 Å². The fraction of sp³-hybridized carbons (Fsp3) is 0.500. The summed E-state index contributed by atoms with van der Waals surface area (Å²) in [6.45, 7) is 4.44. The van der Waals surface area contributed by atoms with E-state index >= 15 is 0 Å². The van der Waals surface area contributed by atoms with Crippen LogP contribution in [0, 0.1) is 0 Å². The quantitative estimate of drug-likeness (QED) is 0.742. The minimum absolute atomic E-state index is 0. The number of urea groups is 1. The maximum absolute atomic E-state index is 12.2. The molecule has 0 bridgehead atoms. The Hall–Kier alpha value is -1.79. The van der Waals surface area contributed by atoms with Gasteiger partial charge in [-0.3, -0.25) is 4.79 Å². The SMILES string of the molecule is CCC(N)(CC)CNC(=O)c1cccc(NC(=O)N(C)C)c1.Cl. The van der Waals surface area contributed by atoms with Crippen molar-refractivity contribution in [3.63, 3.8) is 0 Å². The Morgan fingerprint density at radius 2 is 1.83 bits per heavy atom. The van der Waals surface area contributed by atoms with Crippen LogP contribution in [-0.4, -0.2) is 43.0 Å². The lowest BCUT2D eigenvalue weighted by Gasteiger charge is -2.26. The van der Waals surface area contributed by atoms with Gasteiger partial charge in [0.1, 0.15) is 0 Å². The second-order valence-electron chi connectivity index (χ2n) is 5.66. The number of hydrogen-bond donors (Lipinski definition) is 3. The fourth-order valence-electron chi connectivity index (χ4n) is 1.83. The zero-order chi connectivity index (χ0) is 16.8. The monoisotopic (exact) mass is 342 g/mol. The molecular weight excluding hydrogens is 316 g/mol. The van der Waals surface area contributed by atoms with E-state index in [0.717, 1.165) is 12.8 Å². The number of amides is 3. The van der Waals surface area contributed by atoms with Crippen LogP contribution < -0.4 is 16.4 Å². The van der Waals surface area contributed by atoms with Gasteiger partial charge in [-0.05, 0) is 31.0 Å².